The number of methoxy groups -OCH3 is 5. The molecule has 7 rings (SSSR count). The van der Waals surface area contributed by atoms with Gasteiger partial charge < -0.3 is 48.8 Å². The Labute approximate surface area is 263 Å². The second kappa shape index (κ2) is 10.4. The van der Waals surface area contributed by atoms with E-state index in [4.69, 9.17) is 28.4 Å². The molecule has 250 valence electrons. The van der Waals surface area contributed by atoms with Crippen molar-refractivity contribution in [3.8, 4) is 0 Å². The van der Waals surface area contributed by atoms with Crippen LogP contribution < -0.4 is 0 Å². The van der Waals surface area contributed by atoms with Gasteiger partial charge in [-0.05, 0) is 18.7 Å². The fourth-order valence-corrected chi connectivity index (χ4v) is 12.3. The number of esters is 1. The average molecular weight is 634 g/mol. The molecule has 1 aliphatic heterocycles. The van der Waals surface area contributed by atoms with Crippen LogP contribution in [0.4, 0.5) is 0 Å². The van der Waals surface area contributed by atoms with Gasteiger partial charge in [-0.3, -0.25) is 4.90 Å². The minimum Gasteiger partial charge on any atom is -0.455 e. The number of aliphatic hydroxyl groups excluding tert-OH is 2. The summed E-state index contributed by atoms with van der Waals surface area (Å²) in [5.41, 5.74) is -7.21. The highest BCUT2D eigenvalue weighted by atomic mass is 16.6. The number of rotatable bonds is 9. The van der Waals surface area contributed by atoms with Crippen molar-refractivity contribution in [3.63, 3.8) is 0 Å². The molecule has 1 saturated heterocycles. The van der Waals surface area contributed by atoms with Crippen LogP contribution in [0, 0.1) is 28.6 Å². The number of nitrogens with zero attached hydrogens (tertiary/aromatic N) is 1. The molecular formula is C33H47NO11. The molecule has 12 nitrogen and oxygen atoms in total. The Kier molecular flexibility index (Phi) is 7.36. The number of benzene rings is 1. The van der Waals surface area contributed by atoms with Crippen LogP contribution in [0.3, 0.4) is 0 Å². The van der Waals surface area contributed by atoms with Crippen molar-refractivity contribution in [1.82, 2.24) is 4.90 Å². The zero-order chi connectivity index (χ0) is 32.3. The van der Waals surface area contributed by atoms with Crippen LogP contribution in [0.5, 0.6) is 0 Å². The Morgan fingerprint density at radius 1 is 0.978 bits per heavy atom. The fourth-order valence-electron chi connectivity index (χ4n) is 12.3. The SMILES string of the molecule is CCN1C[C@]2(COC)[C@H](O)C[C@H](OC)[C@@]34[C@@H]2[C@@H](OC)[C@@H]([C@@H]13)[C@]1(OC)[C@H]2[C@@H](OC(=O)c3ccccc3)[C@](O)(C[C@]24O)[C@@H](OC)[C@@H]1O. The Hall–Kier alpha value is -1.71. The molecule has 0 radical (unpaired) electrons. The van der Waals surface area contributed by atoms with Crippen LogP contribution in [-0.4, -0.2) is 146 Å². The Bertz CT molecular complexity index is 1320. The molecule has 6 aliphatic rings. The van der Waals surface area contributed by atoms with E-state index < -0.39 is 94.0 Å². The van der Waals surface area contributed by atoms with Crippen LogP contribution in [0.2, 0.25) is 0 Å². The minimum absolute atomic E-state index is 0.188. The molecule has 12 heteroatoms. The number of hydrogen-bond acceptors (Lipinski definition) is 12. The van der Waals surface area contributed by atoms with Gasteiger partial charge in [0.15, 0.2) is 0 Å². The number of ether oxygens (including phenoxy) is 6. The summed E-state index contributed by atoms with van der Waals surface area (Å²) >= 11 is 0. The van der Waals surface area contributed by atoms with E-state index in [2.05, 4.69) is 4.90 Å². The molecule has 6 fully saturated rings. The standard InChI is InChI=1S/C33H47NO11/c1-7-34-15-29(16-40-2)18(35)13-19(41-3)32-22(29)21(42-4)20(24(32)34)33(44-6)23-26(45-28(37)17-11-9-8-10-12-17)30(38,14-31(23,32)39)27(43-5)25(33)36/h8-12,18-27,35-36,38-39H,7,13-16H2,1-6H3/t18-,19+,20+,21+,22-,23+,24-,25+,26-,27+,29+,30-,31+,32-,33+/m1/s1. The molecule has 1 heterocycles. The third-order valence-corrected chi connectivity index (χ3v) is 13.3. The largest absolute Gasteiger partial charge is 0.455 e. The van der Waals surface area contributed by atoms with E-state index in [9.17, 15) is 25.2 Å². The van der Waals surface area contributed by atoms with Crippen LogP contribution in [0.25, 0.3) is 0 Å². The molecule has 0 amide bonds. The van der Waals surface area contributed by atoms with Crippen molar-refractivity contribution >= 4 is 5.97 Å². The fraction of sp³-hybridized carbons (Fsp3) is 0.788. The minimum atomic E-state index is -1.99. The van der Waals surface area contributed by atoms with Crippen molar-refractivity contribution in [2.75, 3.05) is 55.2 Å². The summed E-state index contributed by atoms with van der Waals surface area (Å²) in [5, 5.41) is 50.8. The summed E-state index contributed by atoms with van der Waals surface area (Å²) < 4.78 is 37.2. The van der Waals surface area contributed by atoms with E-state index >= 15 is 0 Å². The number of piperidine rings is 1. The summed E-state index contributed by atoms with van der Waals surface area (Å²) in [4.78, 5) is 15.9. The summed E-state index contributed by atoms with van der Waals surface area (Å²) in [6, 6.07) is 8.01. The van der Waals surface area contributed by atoms with Gasteiger partial charge in [0.25, 0.3) is 0 Å². The van der Waals surface area contributed by atoms with Gasteiger partial charge in [0.05, 0.1) is 42.0 Å². The maximum Gasteiger partial charge on any atom is 0.338 e. The predicted octanol–water partition coefficient (Wildman–Crippen LogP) is -0.154. The molecular weight excluding hydrogens is 586 g/mol. The van der Waals surface area contributed by atoms with Gasteiger partial charge in [-0.25, -0.2) is 4.79 Å². The van der Waals surface area contributed by atoms with Crippen molar-refractivity contribution in [3.05, 3.63) is 35.9 Å². The van der Waals surface area contributed by atoms with Gasteiger partial charge in [-0.15, -0.1) is 0 Å². The molecule has 45 heavy (non-hydrogen) atoms. The van der Waals surface area contributed by atoms with Crippen LogP contribution >= 0.6 is 0 Å². The topological polar surface area (TPSA) is 157 Å². The van der Waals surface area contributed by atoms with Crippen molar-refractivity contribution in [2.24, 2.45) is 28.6 Å². The molecule has 1 aromatic rings. The highest BCUT2D eigenvalue weighted by molar-refractivity contribution is 5.89. The second-order valence-electron chi connectivity index (χ2n) is 14.2. The molecule has 5 saturated carbocycles. The molecule has 5 aliphatic carbocycles. The number of carbonyl (C=O) groups is 1. The molecule has 4 N–H and O–H groups in total. The molecule has 15 atom stereocenters. The molecule has 7 bridgehead atoms. The van der Waals surface area contributed by atoms with Gasteiger partial charge in [-0.1, -0.05) is 25.1 Å². The number of aliphatic hydroxyl groups is 4. The Balaban J connectivity index is 1.54. The van der Waals surface area contributed by atoms with Gasteiger partial charge in [0.2, 0.25) is 0 Å². The van der Waals surface area contributed by atoms with Gasteiger partial charge in [0.1, 0.15) is 29.5 Å². The quantitative estimate of drug-likeness (QED) is 0.267. The van der Waals surface area contributed by atoms with E-state index in [1.54, 1.807) is 51.7 Å². The van der Waals surface area contributed by atoms with Crippen LogP contribution in [0.1, 0.15) is 30.1 Å². The number of hydrogen-bond donors (Lipinski definition) is 4. The number of carbonyl (C=O) groups excluding carboxylic acids is 1. The number of fused-ring (bicyclic) bond motifs is 2. The highest BCUT2D eigenvalue weighted by Gasteiger charge is 2.95. The van der Waals surface area contributed by atoms with Gasteiger partial charge in [0, 0.05) is 83.6 Å². The summed E-state index contributed by atoms with van der Waals surface area (Å²) in [6.45, 7) is 3.23. The van der Waals surface area contributed by atoms with Crippen LogP contribution in [0.15, 0.2) is 30.3 Å². The summed E-state index contributed by atoms with van der Waals surface area (Å²) in [6.07, 6.45) is -6.31. The lowest BCUT2D eigenvalue weighted by Crippen LogP contribution is -2.85. The third-order valence-electron chi connectivity index (χ3n) is 13.3. The van der Waals surface area contributed by atoms with Crippen molar-refractivity contribution in [1.29, 1.82) is 0 Å². The molecule has 0 unspecified atom stereocenters. The summed E-state index contributed by atoms with van der Waals surface area (Å²) in [7, 11) is 7.65. The lowest BCUT2D eigenvalue weighted by molar-refractivity contribution is -0.358. The maximum absolute atomic E-state index is 13.7. The normalized spacial score (nSPS) is 52.6. The lowest BCUT2D eigenvalue weighted by atomic mass is 9.40. The first kappa shape index (κ1) is 31.9. The first-order chi connectivity index (χ1) is 21.5. The first-order valence-corrected chi connectivity index (χ1v) is 15.9. The summed E-state index contributed by atoms with van der Waals surface area (Å²) in [5.74, 6) is -2.93. The van der Waals surface area contributed by atoms with Gasteiger partial charge in [-0.2, -0.15) is 0 Å². The first-order valence-electron chi connectivity index (χ1n) is 15.9. The van der Waals surface area contributed by atoms with E-state index in [-0.39, 0.29) is 25.0 Å². The molecule has 0 aromatic heterocycles. The predicted molar refractivity (Wildman–Crippen MR) is 157 cm³/mol. The molecule has 1 spiro atoms. The average Bonchev–Trinajstić information content (AvgIpc) is 3.38. The smallest absolute Gasteiger partial charge is 0.338 e. The highest BCUT2D eigenvalue weighted by Crippen LogP contribution is 2.81. The maximum atomic E-state index is 13.7. The van der Waals surface area contributed by atoms with E-state index in [1.807, 2.05) is 6.92 Å². The van der Waals surface area contributed by atoms with Crippen LogP contribution in [-0.2, 0) is 28.4 Å². The number of likely N-dealkylation sites (tertiary alicyclic amines) is 1. The van der Waals surface area contributed by atoms with Crippen molar-refractivity contribution in [2.45, 2.75) is 79.2 Å². The van der Waals surface area contributed by atoms with Crippen molar-refractivity contribution < 1.29 is 53.6 Å². The lowest BCUT2D eigenvalue weighted by Gasteiger charge is -2.72. The van der Waals surface area contributed by atoms with E-state index in [0.29, 0.717) is 13.1 Å². The zero-order valence-corrected chi connectivity index (χ0v) is 26.8. The Morgan fingerprint density at radius 3 is 2.27 bits per heavy atom. The van der Waals surface area contributed by atoms with Gasteiger partial charge >= 0.3 is 5.97 Å². The third kappa shape index (κ3) is 3.34. The zero-order valence-electron chi connectivity index (χ0n) is 26.8. The second-order valence-corrected chi connectivity index (χ2v) is 14.2. The van der Waals surface area contributed by atoms with E-state index in [1.165, 1.54) is 14.2 Å². The molecule has 1 aromatic carbocycles. The van der Waals surface area contributed by atoms with E-state index in [0.717, 1.165) is 0 Å². The monoisotopic (exact) mass is 633 g/mol. The Morgan fingerprint density at radius 2 is 1.69 bits per heavy atom.